The topological polar surface area (TPSA) is 44.8 Å². The van der Waals surface area contributed by atoms with Gasteiger partial charge < -0.3 is 14.2 Å². The summed E-state index contributed by atoms with van der Waals surface area (Å²) >= 11 is 0. The maximum atomic E-state index is 12.2. The quantitative estimate of drug-likeness (QED) is 0.603. The smallest absolute Gasteiger partial charge is 0.185 e. The minimum Gasteiger partial charge on any atom is -0.497 e. The molecule has 0 aliphatic rings. The first-order valence-corrected chi connectivity index (χ1v) is 6.76. The molecular formula is C18H18O4. The fourth-order valence-electron chi connectivity index (χ4n) is 1.97. The molecule has 4 nitrogen and oxygen atoms in total. The molecule has 22 heavy (non-hydrogen) atoms. The third-order valence-corrected chi connectivity index (χ3v) is 3.16. The zero-order valence-electron chi connectivity index (χ0n) is 12.8. The third kappa shape index (κ3) is 3.88. The SMILES string of the molecule is COc1cc(/C=C/C(=O)c2cccc(OC)c2)cc(OC)c1. The number of allylic oxidation sites excluding steroid dienone is 1. The molecule has 0 saturated heterocycles. The van der Waals surface area contributed by atoms with Crippen LogP contribution in [-0.4, -0.2) is 27.1 Å². The fraction of sp³-hybridized carbons (Fsp3) is 0.167. The molecule has 4 heteroatoms. The summed E-state index contributed by atoms with van der Waals surface area (Å²) in [6.45, 7) is 0. The van der Waals surface area contributed by atoms with E-state index in [1.54, 1.807) is 57.7 Å². The van der Waals surface area contributed by atoms with E-state index in [0.29, 0.717) is 22.8 Å². The lowest BCUT2D eigenvalue weighted by atomic mass is 10.1. The Morgan fingerprint density at radius 2 is 1.50 bits per heavy atom. The summed E-state index contributed by atoms with van der Waals surface area (Å²) in [6, 6.07) is 12.5. The zero-order chi connectivity index (χ0) is 15.9. The molecule has 0 aliphatic heterocycles. The van der Waals surface area contributed by atoms with Gasteiger partial charge in [-0.1, -0.05) is 18.2 Å². The van der Waals surface area contributed by atoms with Gasteiger partial charge in [0.25, 0.3) is 0 Å². The Kier molecular flexibility index (Phi) is 5.20. The molecule has 0 heterocycles. The Labute approximate surface area is 129 Å². The number of carbonyl (C=O) groups is 1. The Morgan fingerprint density at radius 1 is 0.864 bits per heavy atom. The summed E-state index contributed by atoms with van der Waals surface area (Å²) in [7, 11) is 4.75. The number of carbonyl (C=O) groups excluding carboxylic acids is 1. The van der Waals surface area contributed by atoms with Crippen molar-refractivity contribution in [2.24, 2.45) is 0 Å². The highest BCUT2D eigenvalue weighted by atomic mass is 16.5. The molecule has 0 amide bonds. The van der Waals surface area contributed by atoms with Gasteiger partial charge >= 0.3 is 0 Å². The van der Waals surface area contributed by atoms with E-state index in [-0.39, 0.29) is 5.78 Å². The third-order valence-electron chi connectivity index (χ3n) is 3.16. The molecule has 2 aromatic rings. The second-order valence-electron chi connectivity index (χ2n) is 4.58. The summed E-state index contributed by atoms with van der Waals surface area (Å²) in [4.78, 5) is 12.2. The van der Waals surface area contributed by atoms with E-state index >= 15 is 0 Å². The van der Waals surface area contributed by atoms with E-state index in [4.69, 9.17) is 14.2 Å². The molecular weight excluding hydrogens is 280 g/mol. The number of ether oxygens (including phenoxy) is 3. The predicted octanol–water partition coefficient (Wildman–Crippen LogP) is 3.61. The number of methoxy groups -OCH3 is 3. The highest BCUT2D eigenvalue weighted by molar-refractivity contribution is 6.07. The molecule has 0 saturated carbocycles. The van der Waals surface area contributed by atoms with Crippen molar-refractivity contribution in [1.82, 2.24) is 0 Å². The van der Waals surface area contributed by atoms with Crippen molar-refractivity contribution < 1.29 is 19.0 Å². The van der Waals surface area contributed by atoms with E-state index in [2.05, 4.69) is 0 Å². The van der Waals surface area contributed by atoms with Crippen molar-refractivity contribution in [1.29, 1.82) is 0 Å². The standard InChI is InChI=1S/C18H18O4/c1-20-15-6-4-5-14(11-15)18(19)8-7-13-9-16(21-2)12-17(10-13)22-3/h4-12H,1-3H3/b8-7+. The van der Waals surface area contributed by atoms with E-state index in [0.717, 1.165) is 5.56 Å². The van der Waals surface area contributed by atoms with Gasteiger partial charge in [0.05, 0.1) is 21.3 Å². The molecule has 114 valence electrons. The van der Waals surface area contributed by atoms with Crippen LogP contribution in [0, 0.1) is 0 Å². The lowest BCUT2D eigenvalue weighted by Crippen LogP contribution is -1.95. The average Bonchev–Trinajstić information content (AvgIpc) is 2.59. The number of rotatable bonds is 6. The van der Waals surface area contributed by atoms with Crippen LogP contribution in [-0.2, 0) is 0 Å². The summed E-state index contributed by atoms with van der Waals surface area (Å²) < 4.78 is 15.5. The highest BCUT2D eigenvalue weighted by Crippen LogP contribution is 2.23. The average molecular weight is 298 g/mol. The Balaban J connectivity index is 2.21. The van der Waals surface area contributed by atoms with Crippen LogP contribution in [0.25, 0.3) is 6.08 Å². The van der Waals surface area contributed by atoms with E-state index in [1.807, 2.05) is 12.1 Å². The van der Waals surface area contributed by atoms with Gasteiger partial charge in [-0.3, -0.25) is 4.79 Å². The van der Waals surface area contributed by atoms with Crippen LogP contribution in [0.3, 0.4) is 0 Å². The van der Waals surface area contributed by atoms with E-state index in [9.17, 15) is 4.79 Å². The first-order valence-electron chi connectivity index (χ1n) is 6.76. The van der Waals surface area contributed by atoms with Gasteiger partial charge in [-0.05, 0) is 35.9 Å². The van der Waals surface area contributed by atoms with Crippen molar-refractivity contribution in [3.8, 4) is 17.2 Å². The summed E-state index contributed by atoms with van der Waals surface area (Å²) in [6.07, 6.45) is 3.25. The molecule has 0 unspecified atom stereocenters. The fourth-order valence-corrected chi connectivity index (χ4v) is 1.97. The molecule has 0 bridgehead atoms. The van der Waals surface area contributed by atoms with Gasteiger partial charge in [0.15, 0.2) is 5.78 Å². The van der Waals surface area contributed by atoms with Gasteiger partial charge in [-0.25, -0.2) is 0 Å². The van der Waals surface area contributed by atoms with E-state index in [1.165, 1.54) is 6.08 Å². The van der Waals surface area contributed by atoms with Crippen LogP contribution < -0.4 is 14.2 Å². The Hall–Kier alpha value is -2.75. The Bertz CT molecular complexity index is 667. The summed E-state index contributed by atoms with van der Waals surface area (Å²) in [5.74, 6) is 1.91. The van der Waals surface area contributed by atoms with Crippen LogP contribution in [0.1, 0.15) is 15.9 Å². The molecule has 2 aromatic carbocycles. The van der Waals surface area contributed by atoms with E-state index < -0.39 is 0 Å². The Morgan fingerprint density at radius 3 is 2.09 bits per heavy atom. The maximum absolute atomic E-state index is 12.2. The zero-order valence-corrected chi connectivity index (χ0v) is 12.8. The minimum absolute atomic E-state index is 0.0966. The minimum atomic E-state index is -0.0966. The van der Waals surface area contributed by atoms with Crippen LogP contribution in [0.5, 0.6) is 17.2 Å². The molecule has 2 rings (SSSR count). The van der Waals surface area contributed by atoms with Crippen LogP contribution in [0.2, 0.25) is 0 Å². The lowest BCUT2D eigenvalue weighted by molar-refractivity contribution is 0.104. The highest BCUT2D eigenvalue weighted by Gasteiger charge is 2.04. The number of ketones is 1. The number of hydrogen-bond acceptors (Lipinski definition) is 4. The van der Waals surface area contributed by atoms with Gasteiger partial charge in [-0.2, -0.15) is 0 Å². The molecule has 0 aromatic heterocycles. The van der Waals surface area contributed by atoms with Crippen LogP contribution in [0.4, 0.5) is 0 Å². The number of benzene rings is 2. The second kappa shape index (κ2) is 7.31. The van der Waals surface area contributed by atoms with Gasteiger partial charge in [0.1, 0.15) is 17.2 Å². The molecule has 0 atom stereocenters. The van der Waals surface area contributed by atoms with Gasteiger partial charge in [-0.15, -0.1) is 0 Å². The number of hydrogen-bond donors (Lipinski definition) is 0. The van der Waals surface area contributed by atoms with Gasteiger partial charge in [0, 0.05) is 11.6 Å². The first-order chi connectivity index (χ1) is 10.7. The maximum Gasteiger partial charge on any atom is 0.185 e. The largest absolute Gasteiger partial charge is 0.497 e. The first kappa shape index (κ1) is 15.6. The van der Waals surface area contributed by atoms with Crippen molar-refractivity contribution in [3.05, 3.63) is 59.7 Å². The van der Waals surface area contributed by atoms with Crippen molar-refractivity contribution in [2.45, 2.75) is 0 Å². The van der Waals surface area contributed by atoms with Crippen molar-refractivity contribution in [2.75, 3.05) is 21.3 Å². The van der Waals surface area contributed by atoms with Crippen LogP contribution in [0.15, 0.2) is 48.5 Å². The van der Waals surface area contributed by atoms with Crippen LogP contribution >= 0.6 is 0 Å². The van der Waals surface area contributed by atoms with Gasteiger partial charge in [0.2, 0.25) is 0 Å². The lowest BCUT2D eigenvalue weighted by Gasteiger charge is -2.05. The summed E-state index contributed by atoms with van der Waals surface area (Å²) in [5.41, 5.74) is 1.40. The van der Waals surface area contributed by atoms with Crippen molar-refractivity contribution in [3.63, 3.8) is 0 Å². The van der Waals surface area contributed by atoms with Crippen molar-refractivity contribution >= 4 is 11.9 Å². The summed E-state index contributed by atoms with van der Waals surface area (Å²) in [5, 5.41) is 0. The molecule has 0 N–H and O–H groups in total. The second-order valence-corrected chi connectivity index (χ2v) is 4.58. The predicted molar refractivity (Wildman–Crippen MR) is 85.9 cm³/mol. The normalized spacial score (nSPS) is 10.5. The monoisotopic (exact) mass is 298 g/mol. The molecule has 0 aliphatic carbocycles. The molecule has 0 radical (unpaired) electrons. The molecule has 0 spiro atoms. The molecule has 0 fully saturated rings.